The average Bonchev–Trinajstić information content (AvgIpc) is 2.65. The summed E-state index contributed by atoms with van der Waals surface area (Å²) < 4.78 is 0. The Morgan fingerprint density at radius 2 is 1.78 bits per heavy atom. The van der Waals surface area contributed by atoms with E-state index in [4.69, 9.17) is 11.6 Å². The molecule has 0 unspecified atom stereocenters. The quantitative estimate of drug-likeness (QED) is 0.548. The van der Waals surface area contributed by atoms with E-state index in [-0.39, 0.29) is 5.75 Å². The lowest BCUT2D eigenvalue weighted by Crippen LogP contribution is -1.96. The molecular weight excluding hydrogens is 358 g/mol. The van der Waals surface area contributed by atoms with Gasteiger partial charge < -0.3 is 15.7 Å². The fraction of sp³-hybridized carbons (Fsp3) is 0.136. The van der Waals surface area contributed by atoms with Crippen molar-refractivity contribution in [2.24, 2.45) is 0 Å². The molecule has 0 bridgehead atoms. The van der Waals surface area contributed by atoms with Gasteiger partial charge in [-0.15, -0.1) is 0 Å². The number of nitrogens with one attached hydrogen (secondary N) is 2. The maximum atomic E-state index is 10.9. The molecule has 4 nitrogen and oxygen atoms in total. The van der Waals surface area contributed by atoms with Crippen molar-refractivity contribution in [1.82, 2.24) is 10.3 Å². The molecule has 3 N–H and O–H groups in total. The highest BCUT2D eigenvalue weighted by atomic mass is 35.5. The van der Waals surface area contributed by atoms with Gasteiger partial charge >= 0.3 is 0 Å². The van der Waals surface area contributed by atoms with Crippen LogP contribution in [0.4, 0.5) is 5.69 Å². The smallest absolute Gasteiger partial charge is 0.132 e. The zero-order chi connectivity index (χ0) is 19.4. The van der Waals surface area contributed by atoms with E-state index in [1.807, 2.05) is 69.4 Å². The van der Waals surface area contributed by atoms with Gasteiger partial charge in [0.2, 0.25) is 0 Å². The summed E-state index contributed by atoms with van der Waals surface area (Å²) in [6.45, 7) is 3.94. The minimum atomic E-state index is 0.200. The fourth-order valence-electron chi connectivity index (χ4n) is 2.90. The summed E-state index contributed by atoms with van der Waals surface area (Å²) in [5.41, 5.74) is 5.77. The number of anilines is 1. The van der Waals surface area contributed by atoms with Crippen molar-refractivity contribution in [1.29, 1.82) is 0 Å². The lowest BCUT2D eigenvalue weighted by molar-refractivity contribution is 0.479. The van der Waals surface area contributed by atoms with Gasteiger partial charge in [-0.1, -0.05) is 23.7 Å². The average molecular weight is 380 g/mol. The molecular formula is C22H22ClN3O. The summed E-state index contributed by atoms with van der Waals surface area (Å²) >= 11 is 6.42. The molecule has 2 aromatic carbocycles. The van der Waals surface area contributed by atoms with E-state index in [0.717, 1.165) is 33.8 Å². The van der Waals surface area contributed by atoms with Crippen LogP contribution in [0.3, 0.4) is 0 Å². The molecule has 3 rings (SSSR count). The Hall–Kier alpha value is -2.98. The van der Waals surface area contributed by atoms with Gasteiger partial charge in [0.25, 0.3) is 0 Å². The summed E-state index contributed by atoms with van der Waals surface area (Å²) in [5.74, 6) is 0.200. The van der Waals surface area contributed by atoms with E-state index in [0.29, 0.717) is 10.6 Å². The second-order valence-corrected chi connectivity index (χ2v) is 6.74. The number of halogens is 1. The number of benzene rings is 2. The molecule has 0 saturated heterocycles. The summed E-state index contributed by atoms with van der Waals surface area (Å²) in [5, 5.41) is 17.5. The molecule has 1 aromatic heterocycles. The molecule has 5 heteroatoms. The first-order valence-corrected chi connectivity index (χ1v) is 9.04. The van der Waals surface area contributed by atoms with Gasteiger partial charge in [0.15, 0.2) is 0 Å². The minimum Gasteiger partial charge on any atom is -0.507 e. The molecule has 0 aliphatic carbocycles. The number of phenolic OH excluding ortho intramolecular Hbond substituents is 1. The van der Waals surface area contributed by atoms with Crippen LogP contribution in [0.25, 0.3) is 22.4 Å². The topological polar surface area (TPSA) is 57.2 Å². The predicted octanol–water partition coefficient (Wildman–Crippen LogP) is 5.49. The molecule has 0 saturated carbocycles. The van der Waals surface area contributed by atoms with Crippen LogP contribution in [0, 0.1) is 13.8 Å². The summed E-state index contributed by atoms with van der Waals surface area (Å²) in [4.78, 5) is 4.54. The summed E-state index contributed by atoms with van der Waals surface area (Å²) in [6.07, 6.45) is 3.55. The molecule has 0 spiro atoms. The van der Waals surface area contributed by atoms with Gasteiger partial charge in [-0.3, -0.25) is 4.98 Å². The maximum Gasteiger partial charge on any atom is 0.132 e. The number of aromatic hydroxyl groups is 1. The fourth-order valence-corrected chi connectivity index (χ4v) is 3.14. The molecule has 0 fully saturated rings. The van der Waals surface area contributed by atoms with Crippen molar-refractivity contribution in [2.75, 3.05) is 12.4 Å². The van der Waals surface area contributed by atoms with Crippen molar-refractivity contribution in [3.63, 3.8) is 0 Å². The summed E-state index contributed by atoms with van der Waals surface area (Å²) in [6, 6.07) is 15.3. The Labute approximate surface area is 164 Å². The molecule has 3 aromatic rings. The zero-order valence-corrected chi connectivity index (χ0v) is 16.3. The number of phenols is 1. The normalized spacial score (nSPS) is 11.0. The molecule has 0 atom stereocenters. The molecule has 138 valence electrons. The van der Waals surface area contributed by atoms with Gasteiger partial charge in [-0.2, -0.15) is 0 Å². The number of hydrogen-bond donors (Lipinski definition) is 3. The lowest BCUT2D eigenvalue weighted by Gasteiger charge is -2.13. The molecule has 0 aliphatic rings. The van der Waals surface area contributed by atoms with E-state index < -0.39 is 0 Å². The number of nitrogens with zero attached hydrogens (tertiary/aromatic N) is 1. The van der Waals surface area contributed by atoms with Gasteiger partial charge in [0, 0.05) is 36.3 Å². The van der Waals surface area contributed by atoms with Gasteiger partial charge in [0.1, 0.15) is 5.75 Å². The Bertz CT molecular complexity index is 999. The molecule has 0 amide bonds. The SMILES string of the molecule is CN/C=C\Nc1ccc(-c2cc(C)cc(-c3cccc(C)n3)c2O)cc1Cl. The van der Waals surface area contributed by atoms with Crippen LogP contribution in [0.2, 0.25) is 5.02 Å². The lowest BCUT2D eigenvalue weighted by atomic mass is 9.96. The van der Waals surface area contributed by atoms with Crippen molar-refractivity contribution in [3.8, 4) is 28.1 Å². The highest BCUT2D eigenvalue weighted by Gasteiger charge is 2.14. The van der Waals surface area contributed by atoms with Crippen molar-refractivity contribution in [2.45, 2.75) is 13.8 Å². The Morgan fingerprint density at radius 3 is 2.48 bits per heavy atom. The predicted molar refractivity (Wildman–Crippen MR) is 113 cm³/mol. The van der Waals surface area contributed by atoms with E-state index >= 15 is 0 Å². The molecule has 1 heterocycles. The van der Waals surface area contributed by atoms with Crippen molar-refractivity contribution >= 4 is 17.3 Å². The number of hydrogen-bond acceptors (Lipinski definition) is 4. The van der Waals surface area contributed by atoms with E-state index in [9.17, 15) is 5.11 Å². The first-order valence-electron chi connectivity index (χ1n) is 8.66. The Balaban J connectivity index is 2.05. The summed E-state index contributed by atoms with van der Waals surface area (Å²) in [7, 11) is 1.82. The molecule has 0 radical (unpaired) electrons. The van der Waals surface area contributed by atoms with Crippen LogP contribution in [0.15, 0.2) is 60.9 Å². The highest BCUT2D eigenvalue weighted by Crippen LogP contribution is 2.40. The third-order valence-corrected chi connectivity index (χ3v) is 4.50. The zero-order valence-electron chi connectivity index (χ0n) is 15.5. The number of aryl methyl sites for hydroxylation is 2. The van der Waals surface area contributed by atoms with Gasteiger partial charge in [0.05, 0.1) is 16.4 Å². The first kappa shape index (κ1) is 18.8. The third-order valence-electron chi connectivity index (χ3n) is 4.19. The molecule has 27 heavy (non-hydrogen) atoms. The van der Waals surface area contributed by atoms with Crippen molar-refractivity contribution < 1.29 is 5.11 Å². The Morgan fingerprint density at radius 1 is 1.00 bits per heavy atom. The third kappa shape index (κ3) is 4.23. The largest absolute Gasteiger partial charge is 0.507 e. The van der Waals surface area contributed by atoms with Gasteiger partial charge in [-0.05, 0) is 61.4 Å². The van der Waals surface area contributed by atoms with Gasteiger partial charge in [-0.25, -0.2) is 0 Å². The number of aromatic nitrogens is 1. The highest BCUT2D eigenvalue weighted by molar-refractivity contribution is 6.33. The van der Waals surface area contributed by atoms with Crippen LogP contribution in [0.1, 0.15) is 11.3 Å². The van der Waals surface area contributed by atoms with Crippen LogP contribution in [-0.4, -0.2) is 17.1 Å². The van der Waals surface area contributed by atoms with E-state index in [2.05, 4.69) is 15.6 Å². The van der Waals surface area contributed by atoms with Crippen LogP contribution in [0.5, 0.6) is 5.75 Å². The molecule has 0 aliphatic heterocycles. The van der Waals surface area contributed by atoms with Crippen LogP contribution < -0.4 is 10.6 Å². The number of rotatable bonds is 5. The van der Waals surface area contributed by atoms with E-state index in [1.165, 1.54) is 0 Å². The number of pyridine rings is 1. The van der Waals surface area contributed by atoms with Crippen molar-refractivity contribution in [3.05, 3.63) is 77.2 Å². The second-order valence-electron chi connectivity index (χ2n) is 6.33. The first-order chi connectivity index (χ1) is 13.0. The van der Waals surface area contributed by atoms with Crippen LogP contribution in [-0.2, 0) is 0 Å². The minimum absolute atomic E-state index is 0.200. The van der Waals surface area contributed by atoms with E-state index in [1.54, 1.807) is 12.4 Å². The maximum absolute atomic E-state index is 10.9. The monoisotopic (exact) mass is 379 g/mol. The standard InChI is InChI=1S/C22H22ClN3O/c1-14-11-17(16-7-8-21(19(23)13-16)25-10-9-24-3)22(27)18(12-14)20-6-4-5-15(2)26-20/h4-13,24-25,27H,1-3H3/b10-9-. The second kappa shape index (κ2) is 8.14. The van der Waals surface area contributed by atoms with Crippen LogP contribution >= 0.6 is 11.6 Å². The Kier molecular flexibility index (Phi) is 5.67.